The molecule has 13 N–H and O–H groups in total. The lowest BCUT2D eigenvalue weighted by Crippen LogP contribution is -2.59. The molecule has 0 aliphatic carbocycles. The molecule has 72 heavy (non-hydrogen) atoms. The molecule has 0 unspecified atom stereocenters. The first-order chi connectivity index (χ1) is 33.8. The van der Waals surface area contributed by atoms with Gasteiger partial charge >= 0.3 is 17.9 Å². The van der Waals surface area contributed by atoms with Crippen molar-refractivity contribution in [3.05, 3.63) is 72.0 Å². The highest BCUT2D eigenvalue weighted by Gasteiger charge is 2.37. The number of guanidine groups is 1. The summed E-state index contributed by atoms with van der Waals surface area (Å²) in [5.41, 5.74) is 12.2. The van der Waals surface area contributed by atoms with Crippen LogP contribution in [0.25, 0.3) is 0 Å². The molecule has 10 atom stereocenters. The number of carbonyl (C=O) groups is 10. The first-order valence-corrected chi connectivity index (χ1v) is 23.2. The number of rotatable bonds is 16. The molecule has 1 heterocycles. The lowest BCUT2D eigenvalue weighted by molar-refractivity contribution is -0.147. The molecule has 1 aliphatic rings. The van der Waals surface area contributed by atoms with Gasteiger partial charge in [-0.3, -0.25) is 43.3 Å². The minimum Gasteiger partial charge on any atom is -0.481 e. The summed E-state index contributed by atoms with van der Waals surface area (Å²) in [7, 11) is 2.75. The molecule has 1 aromatic rings. The topological polar surface area (TPSA) is 380 Å². The molecule has 1 aromatic carbocycles. The number of carbonyl (C=O) groups excluding carboxylic acids is 7. The van der Waals surface area contributed by atoms with Crippen LogP contribution in [0.2, 0.25) is 0 Å². The fraction of sp³-hybridized carbons (Fsp3) is 0.521. The molecule has 0 aromatic heterocycles. The van der Waals surface area contributed by atoms with Crippen molar-refractivity contribution in [3.63, 3.8) is 0 Å². The number of nitrogens with zero attached hydrogens (tertiary/aromatic N) is 2. The molecule has 0 spiro atoms. The number of hydrogen-bond donors (Lipinski definition) is 11. The summed E-state index contributed by atoms with van der Waals surface area (Å²) < 4.78 is 5.80. The van der Waals surface area contributed by atoms with Gasteiger partial charge in [-0.05, 0) is 51.5 Å². The van der Waals surface area contributed by atoms with Gasteiger partial charge in [0.25, 0.3) is 5.91 Å². The van der Waals surface area contributed by atoms with Gasteiger partial charge in [0.15, 0.2) is 5.96 Å². The molecule has 1 saturated heterocycles. The Morgan fingerprint density at radius 3 is 2.01 bits per heavy atom. The van der Waals surface area contributed by atoms with Crippen LogP contribution in [0.3, 0.4) is 0 Å². The van der Waals surface area contributed by atoms with E-state index in [0.717, 1.165) is 24.4 Å². The summed E-state index contributed by atoms with van der Waals surface area (Å²) in [4.78, 5) is 137. The highest BCUT2D eigenvalue weighted by atomic mass is 16.5. The highest BCUT2D eigenvalue weighted by Crippen LogP contribution is 2.19. The van der Waals surface area contributed by atoms with Crippen molar-refractivity contribution in [2.45, 2.75) is 122 Å². The van der Waals surface area contributed by atoms with Crippen LogP contribution in [-0.4, -0.2) is 148 Å². The quantitative estimate of drug-likeness (QED) is 0.0325. The van der Waals surface area contributed by atoms with Gasteiger partial charge in [0.2, 0.25) is 35.4 Å². The smallest absolute Gasteiger partial charge is 0.327 e. The Kier molecular flexibility index (Phi) is 24.8. The summed E-state index contributed by atoms with van der Waals surface area (Å²) in [5.74, 6) is -14.8. The maximum absolute atomic E-state index is 14.3. The number of methoxy groups -OCH3 is 1. The summed E-state index contributed by atoms with van der Waals surface area (Å²) in [6.45, 7) is 11.0. The summed E-state index contributed by atoms with van der Waals surface area (Å²) in [6.07, 6.45) is 3.06. The van der Waals surface area contributed by atoms with Crippen molar-refractivity contribution in [2.24, 2.45) is 34.2 Å². The van der Waals surface area contributed by atoms with E-state index < -0.39 is 139 Å². The number of aliphatic imine (C=N–C) groups is 1. The Labute approximate surface area is 417 Å². The molecule has 24 heteroatoms. The van der Waals surface area contributed by atoms with Gasteiger partial charge < -0.3 is 68.3 Å². The Morgan fingerprint density at radius 2 is 1.43 bits per heavy atom. The molecule has 1 aliphatic heterocycles. The fourth-order valence-electron chi connectivity index (χ4n) is 7.29. The molecule has 0 radical (unpaired) electrons. The number of ether oxygens (including phenoxy) is 1. The second-order valence-corrected chi connectivity index (χ2v) is 17.6. The van der Waals surface area contributed by atoms with E-state index in [1.165, 1.54) is 19.9 Å². The number of hydrogen-bond acceptors (Lipinski definition) is 12. The van der Waals surface area contributed by atoms with Crippen LogP contribution < -0.4 is 43.4 Å². The van der Waals surface area contributed by atoms with E-state index in [-0.39, 0.29) is 37.4 Å². The SMILES string of the molecule is C=C1C(=O)N[C@H](C)C(=O)N[C@@H](CCC(=O)O)C(=O)N[C@@H](C(=O)O)[C@H](C)C(=O)N[C@@H](CCCN=C(N)N)C(=O)N[C@@H](/C=C/C(C)=C/[C@H](C)[C@H](Cc2ccccc2)OC)[C@H](C)C(=O)N[C@@H](C(=O)O)CCC(=O)N1C. The summed E-state index contributed by atoms with van der Waals surface area (Å²) in [5, 5.41) is 44.1. The van der Waals surface area contributed by atoms with E-state index in [9.17, 15) is 63.3 Å². The van der Waals surface area contributed by atoms with E-state index in [1.807, 2.05) is 43.3 Å². The van der Waals surface area contributed by atoms with Gasteiger partial charge in [-0.2, -0.15) is 0 Å². The number of aliphatic carboxylic acids is 3. The van der Waals surface area contributed by atoms with Gasteiger partial charge in [0.1, 0.15) is 35.9 Å². The van der Waals surface area contributed by atoms with Gasteiger partial charge in [0.05, 0.1) is 24.0 Å². The maximum Gasteiger partial charge on any atom is 0.327 e. The van der Waals surface area contributed by atoms with Gasteiger partial charge in [-0.15, -0.1) is 0 Å². The van der Waals surface area contributed by atoms with Crippen molar-refractivity contribution in [1.29, 1.82) is 0 Å². The minimum absolute atomic E-state index is 0.0167. The number of likely N-dealkylation sites (N-methyl/N-ethyl adjacent to an activating group) is 1. The Hall–Kier alpha value is -7.63. The zero-order valence-corrected chi connectivity index (χ0v) is 41.6. The Balaban J connectivity index is 2.74. The van der Waals surface area contributed by atoms with Crippen LogP contribution in [0.4, 0.5) is 0 Å². The highest BCUT2D eigenvalue weighted by molar-refractivity contribution is 6.00. The number of nitrogens with one attached hydrogen (secondary N) is 6. The summed E-state index contributed by atoms with van der Waals surface area (Å²) in [6, 6.07) is 0.121. The number of benzene rings is 1. The first kappa shape index (κ1) is 60.5. The second-order valence-electron chi connectivity index (χ2n) is 17.6. The maximum atomic E-state index is 14.3. The average Bonchev–Trinajstić information content (AvgIpc) is 3.32. The Morgan fingerprint density at radius 1 is 0.833 bits per heavy atom. The van der Waals surface area contributed by atoms with E-state index >= 15 is 0 Å². The van der Waals surface area contributed by atoms with Gasteiger partial charge in [0, 0.05) is 39.5 Å². The van der Waals surface area contributed by atoms with Crippen LogP contribution in [0.1, 0.15) is 78.7 Å². The monoisotopic (exact) mass is 1010 g/mol. The molecule has 396 valence electrons. The molecule has 24 nitrogen and oxygen atoms in total. The average molecular weight is 1010 g/mol. The largest absolute Gasteiger partial charge is 0.481 e. The van der Waals surface area contributed by atoms with Crippen LogP contribution in [0.15, 0.2) is 71.4 Å². The molecule has 1 fully saturated rings. The third-order valence-corrected chi connectivity index (χ3v) is 11.9. The number of amides is 7. The molecule has 7 amide bonds. The first-order valence-electron chi connectivity index (χ1n) is 23.2. The number of carboxylic acids is 3. The zero-order valence-electron chi connectivity index (χ0n) is 41.6. The van der Waals surface area contributed by atoms with E-state index in [2.05, 4.69) is 43.5 Å². The molecule has 0 saturated carbocycles. The fourth-order valence-corrected chi connectivity index (χ4v) is 7.29. The van der Waals surface area contributed by atoms with Crippen LogP contribution >= 0.6 is 0 Å². The van der Waals surface area contributed by atoms with Crippen LogP contribution in [0, 0.1) is 17.8 Å². The normalized spacial score (nSPS) is 25.0. The van der Waals surface area contributed by atoms with Gasteiger partial charge in [-0.1, -0.05) is 81.5 Å². The predicted octanol–water partition coefficient (Wildman–Crippen LogP) is -0.563. The van der Waals surface area contributed by atoms with Crippen molar-refractivity contribution >= 4 is 65.2 Å². The molecule has 2 rings (SSSR count). The van der Waals surface area contributed by atoms with Crippen molar-refractivity contribution in [2.75, 3.05) is 20.7 Å². The predicted molar refractivity (Wildman–Crippen MR) is 262 cm³/mol. The molecular formula is C48H70N10O14. The lowest BCUT2D eigenvalue weighted by atomic mass is 9.94. The van der Waals surface area contributed by atoms with E-state index in [0.29, 0.717) is 12.0 Å². The third-order valence-electron chi connectivity index (χ3n) is 11.9. The van der Waals surface area contributed by atoms with E-state index in [1.54, 1.807) is 20.1 Å². The lowest BCUT2D eigenvalue weighted by Gasteiger charge is -2.28. The van der Waals surface area contributed by atoms with E-state index in [4.69, 9.17) is 16.2 Å². The molecular weight excluding hydrogens is 941 g/mol. The van der Waals surface area contributed by atoms with Gasteiger partial charge in [-0.25, -0.2) is 9.59 Å². The molecule has 0 bridgehead atoms. The zero-order chi connectivity index (χ0) is 54.4. The van der Waals surface area contributed by atoms with Crippen molar-refractivity contribution < 1.29 is 68.0 Å². The number of allylic oxidation sites excluding steroid dienone is 2. The van der Waals surface area contributed by atoms with Crippen molar-refractivity contribution in [1.82, 2.24) is 36.8 Å². The Bertz CT molecular complexity index is 2230. The van der Waals surface area contributed by atoms with Crippen LogP contribution in [-0.2, 0) is 59.1 Å². The second kappa shape index (κ2) is 29.5. The standard InChI is InChI=1S/C48H70N10O14/c1-25(23-26(2)36(72-8)24-31-13-10-9-11-14-31)16-17-32-27(3)40(62)56-35(46(68)69)18-20-37(59)58(7)30(6)43(65)52-29(5)42(64)55-34(19-21-38(60)61)45(67)57-39(47(70)71)28(4)41(63)54-33(44(66)53-32)15-12-22-51-48(49)50/h9-11,13-14,16-17,23,26-29,32-36,39H,6,12,15,18-22,24H2,1-5,7-8H3,(H,52,65)(H,53,66)(H,54,63)(H,55,64)(H,56,62)(H,57,67)(H,60,61)(H,68,69)(H,70,71)(H4,49,50,51)/b17-16+,25-23+/t26-,27-,28-,29+,32-,33-,34-,35+,36-,39+/m0/s1. The van der Waals surface area contributed by atoms with Crippen LogP contribution in [0.5, 0.6) is 0 Å². The minimum atomic E-state index is -2.03. The third kappa shape index (κ3) is 20.0. The number of carboxylic acid groups (broad SMARTS) is 3. The summed E-state index contributed by atoms with van der Waals surface area (Å²) >= 11 is 0. The number of nitrogens with two attached hydrogens (primary N) is 2. The van der Waals surface area contributed by atoms with Crippen molar-refractivity contribution in [3.8, 4) is 0 Å².